The summed E-state index contributed by atoms with van der Waals surface area (Å²) in [7, 11) is 0. The third kappa shape index (κ3) is 1.15. The van der Waals surface area contributed by atoms with Gasteiger partial charge in [-0.2, -0.15) is 0 Å². The largest absolute Gasteiger partial charge is 0.514 e. The molecule has 1 rings (SSSR count). The van der Waals surface area contributed by atoms with Gasteiger partial charge in [0.2, 0.25) is 0 Å². The molecular formula is C6H11NO. The van der Waals surface area contributed by atoms with Gasteiger partial charge in [-0.15, -0.1) is 0 Å². The molecule has 46 valence electrons. The molecule has 1 fully saturated rings. The quantitative estimate of drug-likeness (QED) is 0.462. The first-order valence-corrected chi connectivity index (χ1v) is 3.00. The predicted molar refractivity (Wildman–Crippen MR) is 32.6 cm³/mol. The highest BCUT2D eigenvalue weighted by molar-refractivity contribution is 4.96. The summed E-state index contributed by atoms with van der Waals surface area (Å²) in [5.74, 6) is 0. The highest BCUT2D eigenvalue weighted by Gasteiger charge is 2.01. The van der Waals surface area contributed by atoms with Gasteiger partial charge in [0.25, 0.3) is 0 Å². The average Bonchev–Trinajstić information content (AvgIpc) is 1.90. The van der Waals surface area contributed by atoms with Crippen LogP contribution in [0.5, 0.6) is 0 Å². The van der Waals surface area contributed by atoms with E-state index in [9.17, 15) is 0 Å². The van der Waals surface area contributed by atoms with Gasteiger partial charge in [-0.25, -0.2) is 0 Å². The van der Waals surface area contributed by atoms with Crippen LogP contribution in [0.2, 0.25) is 0 Å². The second-order valence-corrected chi connectivity index (χ2v) is 2.04. The minimum atomic E-state index is 0.983. The van der Waals surface area contributed by atoms with Crippen LogP contribution >= 0.6 is 0 Å². The number of piperidine rings is 1. The lowest BCUT2D eigenvalue weighted by Gasteiger charge is -2.14. The lowest BCUT2D eigenvalue weighted by Crippen LogP contribution is -2.19. The topological polar surface area (TPSA) is 32.3 Å². The van der Waals surface area contributed by atoms with E-state index in [1.54, 1.807) is 0 Å². The molecule has 8 heavy (non-hydrogen) atoms. The molecule has 1 aliphatic rings. The summed E-state index contributed by atoms with van der Waals surface area (Å²) in [6, 6.07) is 0. The Morgan fingerprint density at radius 1 is 1.50 bits per heavy atom. The Morgan fingerprint density at radius 3 is 2.75 bits per heavy atom. The fraction of sp³-hybridized carbons (Fsp3) is 0.667. The second-order valence-electron chi connectivity index (χ2n) is 2.04. The van der Waals surface area contributed by atoms with Crippen molar-refractivity contribution in [1.29, 1.82) is 0 Å². The Balaban J connectivity index is 2.33. The minimum Gasteiger partial charge on any atom is -0.514 e. The van der Waals surface area contributed by atoms with Crippen molar-refractivity contribution in [3.63, 3.8) is 0 Å². The zero-order chi connectivity index (χ0) is 5.82. The zero-order valence-electron chi connectivity index (χ0n) is 4.85. The van der Waals surface area contributed by atoms with Gasteiger partial charge in [0.15, 0.2) is 0 Å². The number of aliphatic hydroxyl groups excluding tert-OH is 1. The first-order valence-electron chi connectivity index (χ1n) is 3.00. The lowest BCUT2D eigenvalue weighted by atomic mass is 10.1. The van der Waals surface area contributed by atoms with E-state index in [1.807, 2.05) is 0 Å². The molecule has 1 aliphatic heterocycles. The molecule has 0 spiro atoms. The van der Waals surface area contributed by atoms with Crippen molar-refractivity contribution in [3.05, 3.63) is 12.0 Å². The molecule has 0 amide bonds. The van der Waals surface area contributed by atoms with Gasteiger partial charge in [0.1, 0.15) is 0 Å². The number of rotatable bonds is 0. The normalized spacial score (nSPS) is 25.2. The molecule has 2 N–H and O–H groups in total. The van der Waals surface area contributed by atoms with Crippen LogP contribution < -0.4 is 5.32 Å². The summed E-state index contributed by atoms with van der Waals surface area (Å²) in [5.41, 5.74) is 0.983. The molecule has 0 aliphatic carbocycles. The number of hydrogen-bond donors (Lipinski definition) is 2. The Labute approximate surface area is 49.2 Å². The van der Waals surface area contributed by atoms with Crippen LogP contribution in [-0.4, -0.2) is 11.7 Å². The van der Waals surface area contributed by atoms with E-state index in [4.69, 9.17) is 5.11 Å². The van der Waals surface area contributed by atoms with Crippen LogP contribution in [0.15, 0.2) is 12.0 Å². The van der Waals surface area contributed by atoms with Crippen LogP contribution in [0.4, 0.5) is 0 Å². The van der Waals surface area contributed by atoms with Gasteiger partial charge in [0, 0.05) is 12.2 Å². The Morgan fingerprint density at radius 2 is 2.38 bits per heavy atom. The van der Waals surface area contributed by atoms with E-state index in [-0.39, 0.29) is 0 Å². The summed E-state index contributed by atoms with van der Waals surface area (Å²) in [5, 5.41) is 11.5. The molecule has 1 saturated heterocycles. The van der Waals surface area contributed by atoms with Crippen molar-refractivity contribution >= 4 is 0 Å². The smallest absolute Gasteiger partial charge is 0.0980 e. The zero-order valence-corrected chi connectivity index (χ0v) is 4.85. The third-order valence-electron chi connectivity index (χ3n) is 1.38. The molecule has 0 aromatic carbocycles. The first kappa shape index (κ1) is 5.48. The van der Waals surface area contributed by atoms with Crippen molar-refractivity contribution in [2.45, 2.75) is 19.3 Å². The van der Waals surface area contributed by atoms with Gasteiger partial charge in [0.05, 0.1) is 6.26 Å². The van der Waals surface area contributed by atoms with Crippen LogP contribution in [0.1, 0.15) is 19.3 Å². The highest BCUT2D eigenvalue weighted by Crippen LogP contribution is 2.08. The summed E-state index contributed by atoms with van der Waals surface area (Å²) in [6.07, 6.45) is 4.62. The van der Waals surface area contributed by atoms with Crippen molar-refractivity contribution in [2.24, 2.45) is 0 Å². The maximum atomic E-state index is 8.47. The van der Waals surface area contributed by atoms with E-state index in [0.717, 1.165) is 18.7 Å². The van der Waals surface area contributed by atoms with E-state index < -0.39 is 0 Å². The molecule has 0 saturated carbocycles. The Hall–Kier alpha value is -0.660. The maximum Gasteiger partial charge on any atom is 0.0980 e. The molecular weight excluding hydrogens is 102 g/mol. The SMILES string of the molecule is O/C=C1\CCCCN1. The summed E-state index contributed by atoms with van der Waals surface area (Å²) >= 11 is 0. The highest BCUT2D eigenvalue weighted by atomic mass is 16.2. The maximum absolute atomic E-state index is 8.47. The fourth-order valence-corrected chi connectivity index (χ4v) is 0.888. The molecule has 0 aromatic rings. The molecule has 0 unspecified atom stereocenters. The predicted octanol–water partition coefficient (Wildman–Crippen LogP) is 1.16. The van der Waals surface area contributed by atoms with Crippen molar-refractivity contribution < 1.29 is 5.11 Å². The summed E-state index contributed by atoms with van der Waals surface area (Å²) in [4.78, 5) is 0. The average molecular weight is 113 g/mol. The van der Waals surface area contributed by atoms with E-state index >= 15 is 0 Å². The van der Waals surface area contributed by atoms with Crippen molar-refractivity contribution in [3.8, 4) is 0 Å². The minimum absolute atomic E-state index is 0.983. The summed E-state index contributed by atoms with van der Waals surface area (Å²) < 4.78 is 0. The number of hydrogen-bond acceptors (Lipinski definition) is 2. The van der Waals surface area contributed by atoms with Crippen LogP contribution in [0, 0.1) is 0 Å². The molecule has 0 atom stereocenters. The third-order valence-corrected chi connectivity index (χ3v) is 1.38. The van der Waals surface area contributed by atoms with E-state index in [0.29, 0.717) is 0 Å². The molecule has 0 radical (unpaired) electrons. The Kier molecular flexibility index (Phi) is 1.78. The summed E-state index contributed by atoms with van der Waals surface area (Å²) in [6.45, 7) is 1.02. The van der Waals surface area contributed by atoms with Crippen molar-refractivity contribution in [2.75, 3.05) is 6.54 Å². The van der Waals surface area contributed by atoms with E-state index in [2.05, 4.69) is 5.32 Å². The first-order chi connectivity index (χ1) is 3.93. The van der Waals surface area contributed by atoms with Crippen LogP contribution in [0.3, 0.4) is 0 Å². The molecule has 2 heteroatoms. The number of nitrogens with one attached hydrogen (secondary N) is 1. The number of allylic oxidation sites excluding steroid dienone is 1. The molecule has 0 aromatic heterocycles. The standard InChI is InChI=1S/C6H11NO/c8-5-6-3-1-2-4-7-6/h5,7-8H,1-4H2/b6-5+. The molecule has 1 heterocycles. The monoisotopic (exact) mass is 113 g/mol. The molecule has 2 nitrogen and oxygen atoms in total. The van der Waals surface area contributed by atoms with Gasteiger partial charge in [-0.3, -0.25) is 0 Å². The van der Waals surface area contributed by atoms with Gasteiger partial charge >= 0.3 is 0 Å². The Bertz CT molecular complexity index is 90.7. The van der Waals surface area contributed by atoms with Crippen LogP contribution in [0.25, 0.3) is 0 Å². The van der Waals surface area contributed by atoms with Gasteiger partial charge in [-0.1, -0.05) is 0 Å². The van der Waals surface area contributed by atoms with Gasteiger partial charge < -0.3 is 10.4 Å². The van der Waals surface area contributed by atoms with Gasteiger partial charge in [-0.05, 0) is 19.3 Å². The van der Waals surface area contributed by atoms with E-state index in [1.165, 1.54) is 19.1 Å². The fourth-order valence-electron chi connectivity index (χ4n) is 0.888. The van der Waals surface area contributed by atoms with Crippen molar-refractivity contribution in [1.82, 2.24) is 5.32 Å². The number of aliphatic hydroxyl groups is 1. The second kappa shape index (κ2) is 2.60. The van der Waals surface area contributed by atoms with Crippen LogP contribution in [-0.2, 0) is 0 Å². The lowest BCUT2D eigenvalue weighted by molar-refractivity contribution is 0.445. The molecule has 0 bridgehead atoms.